The molecule has 0 fully saturated rings. The fourth-order valence-corrected chi connectivity index (χ4v) is 2.67. The quantitative estimate of drug-likeness (QED) is 0.514. The van der Waals surface area contributed by atoms with Crippen molar-refractivity contribution >= 4 is 15.9 Å². The van der Waals surface area contributed by atoms with Crippen LogP contribution >= 0.6 is 15.9 Å². The Balaban J connectivity index is 2.05. The van der Waals surface area contributed by atoms with Crippen LogP contribution in [0.5, 0.6) is 5.75 Å². The van der Waals surface area contributed by atoms with Crippen molar-refractivity contribution in [3.05, 3.63) is 78.4 Å². The lowest BCUT2D eigenvalue weighted by Gasteiger charge is -2.17. The molecule has 2 aromatic rings. The van der Waals surface area contributed by atoms with Crippen LogP contribution in [0.3, 0.4) is 0 Å². The molecule has 0 aliphatic heterocycles. The van der Waals surface area contributed by atoms with Crippen LogP contribution < -0.4 is 4.74 Å². The lowest BCUT2D eigenvalue weighted by molar-refractivity contribution is 0.295. The number of allylic oxidation sites excluding steroid dienone is 1. The van der Waals surface area contributed by atoms with Crippen LogP contribution in [0.1, 0.15) is 17.0 Å². The normalized spacial score (nSPS) is 11.8. The minimum absolute atomic E-state index is 0.355. The molecule has 0 saturated carbocycles. The van der Waals surface area contributed by atoms with Gasteiger partial charge in [0.1, 0.15) is 5.75 Å². The zero-order valence-electron chi connectivity index (χ0n) is 11.5. The average molecular weight is 331 g/mol. The first kappa shape index (κ1) is 14.9. The number of halogens is 1. The Morgan fingerprint density at radius 1 is 1.05 bits per heavy atom. The molecule has 0 N–H and O–H groups in total. The molecule has 2 rings (SSSR count). The molecule has 0 bridgehead atoms. The van der Waals surface area contributed by atoms with Crippen molar-refractivity contribution in [3.8, 4) is 5.75 Å². The van der Waals surface area contributed by atoms with Crippen molar-refractivity contribution in [1.29, 1.82) is 0 Å². The van der Waals surface area contributed by atoms with E-state index in [0.29, 0.717) is 12.5 Å². The molecular weight excluding hydrogens is 312 g/mol. The van der Waals surface area contributed by atoms with Crippen molar-refractivity contribution in [1.82, 2.24) is 0 Å². The molecule has 1 unspecified atom stereocenters. The summed E-state index contributed by atoms with van der Waals surface area (Å²) in [6, 6.07) is 18.6. The number of hydrogen-bond acceptors (Lipinski definition) is 1. The molecule has 2 aromatic carbocycles. The third-order valence-corrected chi connectivity index (χ3v) is 4.02. The maximum atomic E-state index is 6.02. The first-order chi connectivity index (χ1) is 9.85. The molecule has 20 heavy (non-hydrogen) atoms. The minimum Gasteiger partial charge on any atom is -0.493 e. The zero-order valence-corrected chi connectivity index (χ0v) is 13.1. The summed E-state index contributed by atoms with van der Waals surface area (Å²) in [7, 11) is 0. The number of ether oxygens (including phenoxy) is 1. The minimum atomic E-state index is 0.355. The van der Waals surface area contributed by atoms with Gasteiger partial charge in [-0.1, -0.05) is 70.5 Å². The van der Waals surface area contributed by atoms with E-state index >= 15 is 0 Å². The summed E-state index contributed by atoms with van der Waals surface area (Å²) < 4.78 is 6.02. The predicted molar refractivity (Wildman–Crippen MR) is 88.8 cm³/mol. The molecule has 0 aromatic heterocycles. The fraction of sp³-hybridized carbons (Fsp3) is 0.222. The van der Waals surface area contributed by atoms with E-state index in [-0.39, 0.29) is 0 Å². The van der Waals surface area contributed by atoms with Gasteiger partial charge in [0.25, 0.3) is 0 Å². The standard InChI is InChI=1S/C18H19BrO/c1-2-8-16-11-6-7-12-18(16)20-14-17(13-19)15-9-4-3-5-10-15/h2-7,9-12,17H,1,8,13-14H2. The Morgan fingerprint density at radius 2 is 1.75 bits per heavy atom. The van der Waals surface area contributed by atoms with Crippen molar-refractivity contribution in [3.63, 3.8) is 0 Å². The number of para-hydroxylation sites is 1. The molecule has 0 spiro atoms. The van der Waals surface area contributed by atoms with Gasteiger partial charge >= 0.3 is 0 Å². The van der Waals surface area contributed by atoms with Gasteiger partial charge in [0, 0.05) is 11.2 Å². The van der Waals surface area contributed by atoms with Gasteiger partial charge in [0.15, 0.2) is 0 Å². The summed E-state index contributed by atoms with van der Waals surface area (Å²) in [4.78, 5) is 0. The average Bonchev–Trinajstić information content (AvgIpc) is 2.51. The number of rotatable bonds is 7. The highest BCUT2D eigenvalue weighted by molar-refractivity contribution is 9.09. The Hall–Kier alpha value is -1.54. The van der Waals surface area contributed by atoms with Gasteiger partial charge in [-0.2, -0.15) is 0 Å². The van der Waals surface area contributed by atoms with Gasteiger partial charge in [-0.3, -0.25) is 0 Å². The molecule has 0 saturated heterocycles. The van der Waals surface area contributed by atoms with Gasteiger partial charge in [-0.15, -0.1) is 6.58 Å². The van der Waals surface area contributed by atoms with E-state index in [2.05, 4.69) is 52.8 Å². The smallest absolute Gasteiger partial charge is 0.122 e. The van der Waals surface area contributed by atoms with Crippen molar-refractivity contribution in [2.45, 2.75) is 12.3 Å². The Bertz CT molecular complexity index is 536. The highest BCUT2D eigenvalue weighted by atomic mass is 79.9. The maximum absolute atomic E-state index is 6.02. The van der Waals surface area contributed by atoms with Gasteiger partial charge in [-0.05, 0) is 23.6 Å². The topological polar surface area (TPSA) is 9.23 Å². The maximum Gasteiger partial charge on any atom is 0.122 e. The van der Waals surface area contributed by atoms with Gasteiger partial charge < -0.3 is 4.74 Å². The second-order valence-corrected chi connectivity index (χ2v) is 5.32. The first-order valence-electron chi connectivity index (χ1n) is 6.77. The van der Waals surface area contributed by atoms with E-state index in [1.54, 1.807) is 0 Å². The van der Waals surface area contributed by atoms with E-state index in [0.717, 1.165) is 17.5 Å². The summed E-state index contributed by atoms with van der Waals surface area (Å²) in [6.45, 7) is 4.46. The van der Waals surface area contributed by atoms with Crippen LogP contribution in [0.4, 0.5) is 0 Å². The van der Waals surface area contributed by atoms with Crippen molar-refractivity contribution < 1.29 is 4.74 Å². The lowest BCUT2D eigenvalue weighted by Crippen LogP contribution is -2.12. The highest BCUT2D eigenvalue weighted by Gasteiger charge is 2.11. The van der Waals surface area contributed by atoms with E-state index in [1.165, 1.54) is 11.1 Å². The highest BCUT2D eigenvalue weighted by Crippen LogP contribution is 2.23. The molecule has 0 radical (unpaired) electrons. The van der Waals surface area contributed by atoms with Gasteiger partial charge in [0.05, 0.1) is 6.61 Å². The molecule has 0 aliphatic rings. The number of benzene rings is 2. The summed E-state index contributed by atoms with van der Waals surface area (Å²) in [6.07, 6.45) is 2.74. The second-order valence-electron chi connectivity index (χ2n) is 4.67. The third-order valence-electron chi connectivity index (χ3n) is 3.23. The summed E-state index contributed by atoms with van der Waals surface area (Å²) in [5.74, 6) is 1.31. The largest absolute Gasteiger partial charge is 0.493 e. The van der Waals surface area contributed by atoms with Crippen molar-refractivity contribution in [2.24, 2.45) is 0 Å². The molecule has 2 heteroatoms. The summed E-state index contributed by atoms with van der Waals surface area (Å²) >= 11 is 3.58. The summed E-state index contributed by atoms with van der Waals surface area (Å²) in [5.41, 5.74) is 2.48. The van der Waals surface area contributed by atoms with Crippen LogP contribution in [0.2, 0.25) is 0 Å². The van der Waals surface area contributed by atoms with Gasteiger partial charge in [-0.25, -0.2) is 0 Å². The van der Waals surface area contributed by atoms with Gasteiger partial charge in [0.2, 0.25) is 0 Å². The zero-order chi connectivity index (χ0) is 14.2. The molecule has 0 amide bonds. The molecule has 1 atom stereocenters. The molecular formula is C18H19BrO. The van der Waals surface area contributed by atoms with E-state index in [1.807, 2.05) is 30.3 Å². The second kappa shape index (κ2) is 7.91. The molecule has 104 valence electrons. The first-order valence-corrected chi connectivity index (χ1v) is 7.89. The van der Waals surface area contributed by atoms with E-state index in [9.17, 15) is 0 Å². The van der Waals surface area contributed by atoms with Crippen LogP contribution in [0.25, 0.3) is 0 Å². The van der Waals surface area contributed by atoms with Crippen LogP contribution in [0, 0.1) is 0 Å². The molecule has 0 aliphatic carbocycles. The van der Waals surface area contributed by atoms with Crippen LogP contribution in [-0.2, 0) is 6.42 Å². The van der Waals surface area contributed by atoms with E-state index < -0.39 is 0 Å². The SMILES string of the molecule is C=CCc1ccccc1OCC(CBr)c1ccccc1. The fourth-order valence-electron chi connectivity index (χ4n) is 2.11. The van der Waals surface area contributed by atoms with Crippen molar-refractivity contribution in [2.75, 3.05) is 11.9 Å². The van der Waals surface area contributed by atoms with E-state index in [4.69, 9.17) is 4.74 Å². The molecule has 1 nitrogen and oxygen atoms in total. The Labute approximate surface area is 129 Å². The number of alkyl halides is 1. The Kier molecular flexibility index (Phi) is 5.87. The monoisotopic (exact) mass is 330 g/mol. The lowest BCUT2D eigenvalue weighted by atomic mass is 10.0. The van der Waals surface area contributed by atoms with Crippen LogP contribution in [0.15, 0.2) is 67.3 Å². The predicted octanol–water partition coefficient (Wildman–Crippen LogP) is 4.97. The number of hydrogen-bond donors (Lipinski definition) is 0. The third kappa shape index (κ3) is 3.97. The van der Waals surface area contributed by atoms with Crippen LogP contribution in [-0.4, -0.2) is 11.9 Å². The Morgan fingerprint density at radius 3 is 2.45 bits per heavy atom. The molecule has 0 heterocycles. The summed E-state index contributed by atoms with van der Waals surface area (Å²) in [5, 5.41) is 0.890.